The van der Waals surface area contributed by atoms with Crippen LogP contribution in [0.15, 0.2) is 0 Å². The number of carbonyl (C=O) groups is 1. The highest BCUT2D eigenvalue weighted by atomic mass is 16.5. The number of esters is 1. The van der Waals surface area contributed by atoms with Gasteiger partial charge in [0.1, 0.15) is 0 Å². The highest BCUT2D eigenvalue weighted by Crippen LogP contribution is 2.30. The number of hydrogen-bond acceptors (Lipinski definition) is 4. The second-order valence-electron chi connectivity index (χ2n) is 5.77. The Balaban J connectivity index is 1.90. The van der Waals surface area contributed by atoms with E-state index in [0.717, 1.165) is 13.1 Å². The van der Waals surface area contributed by atoms with Crippen molar-refractivity contribution in [1.29, 1.82) is 0 Å². The lowest BCUT2D eigenvalue weighted by atomic mass is 9.97. The Morgan fingerprint density at radius 3 is 2.50 bits per heavy atom. The molecule has 18 heavy (non-hydrogen) atoms. The van der Waals surface area contributed by atoms with Crippen molar-refractivity contribution in [2.75, 3.05) is 20.2 Å². The van der Waals surface area contributed by atoms with Crippen LogP contribution in [0.5, 0.6) is 0 Å². The van der Waals surface area contributed by atoms with Crippen molar-refractivity contribution in [3.63, 3.8) is 0 Å². The van der Waals surface area contributed by atoms with E-state index in [0.29, 0.717) is 18.1 Å². The molecule has 3 unspecified atom stereocenters. The molecule has 3 atom stereocenters. The molecule has 2 aliphatic rings. The minimum atomic E-state index is -0.0923. The number of carbonyl (C=O) groups excluding carboxylic acids is 1. The second kappa shape index (κ2) is 6.02. The Kier molecular flexibility index (Phi) is 4.62. The number of methoxy groups -OCH3 is 1. The molecule has 0 aromatic carbocycles. The van der Waals surface area contributed by atoms with Crippen molar-refractivity contribution in [2.45, 2.75) is 57.7 Å². The zero-order valence-electron chi connectivity index (χ0n) is 11.8. The fraction of sp³-hybridized carbons (Fsp3) is 0.929. The first-order valence-electron chi connectivity index (χ1n) is 7.22. The molecule has 2 saturated heterocycles. The van der Waals surface area contributed by atoms with Crippen LogP contribution in [0.2, 0.25) is 0 Å². The number of nitrogens with one attached hydrogen (secondary N) is 1. The van der Waals surface area contributed by atoms with Crippen LogP contribution in [0.3, 0.4) is 0 Å². The van der Waals surface area contributed by atoms with Gasteiger partial charge in [0.2, 0.25) is 0 Å². The maximum absolute atomic E-state index is 11.5. The predicted octanol–water partition coefficient (Wildman–Crippen LogP) is 1.40. The molecule has 0 saturated carbocycles. The van der Waals surface area contributed by atoms with Crippen molar-refractivity contribution >= 4 is 5.97 Å². The number of rotatable bonds is 5. The second-order valence-corrected chi connectivity index (χ2v) is 5.77. The molecule has 0 aliphatic carbocycles. The van der Waals surface area contributed by atoms with Crippen molar-refractivity contribution in [3.8, 4) is 0 Å². The summed E-state index contributed by atoms with van der Waals surface area (Å²) in [6.07, 6.45) is 5.12. The quantitative estimate of drug-likeness (QED) is 0.753. The van der Waals surface area contributed by atoms with Crippen LogP contribution in [0.25, 0.3) is 0 Å². The van der Waals surface area contributed by atoms with E-state index in [1.165, 1.54) is 32.8 Å². The molecule has 2 fully saturated rings. The summed E-state index contributed by atoms with van der Waals surface area (Å²) >= 11 is 0. The predicted molar refractivity (Wildman–Crippen MR) is 71.4 cm³/mol. The van der Waals surface area contributed by atoms with Crippen LogP contribution < -0.4 is 5.32 Å². The number of nitrogens with zero attached hydrogens (tertiary/aromatic N) is 1. The Labute approximate surface area is 110 Å². The maximum Gasteiger partial charge on any atom is 0.309 e. The first-order valence-corrected chi connectivity index (χ1v) is 7.22. The molecule has 2 bridgehead atoms. The van der Waals surface area contributed by atoms with Gasteiger partial charge in [-0.1, -0.05) is 13.8 Å². The third-order valence-corrected chi connectivity index (χ3v) is 4.48. The molecule has 2 aliphatic heterocycles. The molecular weight excluding hydrogens is 228 g/mol. The van der Waals surface area contributed by atoms with Gasteiger partial charge in [0, 0.05) is 24.7 Å². The minimum Gasteiger partial charge on any atom is -0.469 e. The summed E-state index contributed by atoms with van der Waals surface area (Å²) in [6, 6.07) is 2.05. The average molecular weight is 254 g/mol. The summed E-state index contributed by atoms with van der Waals surface area (Å²) < 4.78 is 4.82. The monoisotopic (exact) mass is 254 g/mol. The highest BCUT2D eigenvalue weighted by Gasteiger charge is 2.36. The normalized spacial score (nSPS) is 32.6. The molecule has 0 radical (unpaired) electrons. The Hall–Kier alpha value is -0.610. The van der Waals surface area contributed by atoms with Gasteiger partial charge in [0.25, 0.3) is 0 Å². The van der Waals surface area contributed by atoms with E-state index < -0.39 is 0 Å². The fourth-order valence-electron chi connectivity index (χ4n) is 3.49. The zero-order chi connectivity index (χ0) is 13.1. The summed E-state index contributed by atoms with van der Waals surface area (Å²) in [5, 5.41) is 3.67. The van der Waals surface area contributed by atoms with Crippen LogP contribution in [-0.2, 0) is 9.53 Å². The Bertz CT molecular complexity index is 284. The number of fused-ring (bicyclic) bond motifs is 2. The molecule has 0 aromatic heterocycles. The Morgan fingerprint density at radius 1 is 1.39 bits per heavy atom. The average Bonchev–Trinajstić information content (AvgIpc) is 2.73. The van der Waals surface area contributed by atoms with Gasteiger partial charge in [-0.25, -0.2) is 0 Å². The summed E-state index contributed by atoms with van der Waals surface area (Å²) in [7, 11) is 1.47. The van der Waals surface area contributed by atoms with Crippen molar-refractivity contribution in [1.82, 2.24) is 10.2 Å². The number of hydrogen-bond donors (Lipinski definition) is 1. The topological polar surface area (TPSA) is 41.6 Å². The highest BCUT2D eigenvalue weighted by molar-refractivity contribution is 5.72. The first kappa shape index (κ1) is 13.8. The van der Waals surface area contributed by atoms with Crippen LogP contribution in [0.1, 0.15) is 39.5 Å². The minimum absolute atomic E-state index is 0.0255. The van der Waals surface area contributed by atoms with E-state index in [1.807, 2.05) is 6.92 Å². The molecule has 0 aromatic rings. The fourth-order valence-corrected chi connectivity index (χ4v) is 3.49. The van der Waals surface area contributed by atoms with Gasteiger partial charge in [-0.15, -0.1) is 0 Å². The van der Waals surface area contributed by atoms with E-state index in [4.69, 9.17) is 4.74 Å². The number of ether oxygens (including phenoxy) is 1. The standard InChI is InChI=1S/C14H26N2O2/c1-4-16(9-10(2)14(17)18-3)13-7-11-5-6-12(8-13)15-11/h10-13,15H,4-9H2,1-3H3. The first-order chi connectivity index (χ1) is 8.63. The SMILES string of the molecule is CCN(CC(C)C(=O)OC)C1CC2CCC(C1)N2. The lowest BCUT2D eigenvalue weighted by molar-refractivity contribution is -0.145. The van der Waals surface area contributed by atoms with E-state index in [1.54, 1.807) is 0 Å². The summed E-state index contributed by atoms with van der Waals surface area (Å²) in [6.45, 7) is 6.00. The van der Waals surface area contributed by atoms with Gasteiger partial charge < -0.3 is 10.1 Å². The Morgan fingerprint density at radius 2 is 2.00 bits per heavy atom. The van der Waals surface area contributed by atoms with Gasteiger partial charge in [-0.2, -0.15) is 0 Å². The molecular formula is C14H26N2O2. The molecule has 104 valence electrons. The largest absolute Gasteiger partial charge is 0.469 e. The van der Waals surface area contributed by atoms with Crippen LogP contribution in [0.4, 0.5) is 0 Å². The lowest BCUT2D eigenvalue weighted by Crippen LogP contribution is -2.49. The van der Waals surface area contributed by atoms with E-state index in [2.05, 4.69) is 17.1 Å². The van der Waals surface area contributed by atoms with Crippen molar-refractivity contribution in [2.24, 2.45) is 5.92 Å². The van der Waals surface area contributed by atoms with E-state index in [-0.39, 0.29) is 11.9 Å². The maximum atomic E-state index is 11.5. The summed E-state index contributed by atoms with van der Waals surface area (Å²) in [5.41, 5.74) is 0. The third kappa shape index (κ3) is 3.04. The molecule has 0 amide bonds. The van der Waals surface area contributed by atoms with Gasteiger partial charge in [-0.05, 0) is 32.2 Å². The van der Waals surface area contributed by atoms with E-state index >= 15 is 0 Å². The van der Waals surface area contributed by atoms with Gasteiger partial charge in [0.05, 0.1) is 13.0 Å². The molecule has 2 rings (SSSR count). The van der Waals surface area contributed by atoms with Gasteiger partial charge >= 0.3 is 5.97 Å². The summed E-state index contributed by atoms with van der Waals surface area (Å²) in [4.78, 5) is 14.0. The third-order valence-electron chi connectivity index (χ3n) is 4.48. The van der Waals surface area contributed by atoms with Crippen LogP contribution in [-0.4, -0.2) is 49.2 Å². The summed E-state index contributed by atoms with van der Waals surface area (Å²) in [5.74, 6) is -0.118. The zero-order valence-corrected chi connectivity index (χ0v) is 11.8. The van der Waals surface area contributed by atoms with Gasteiger partial charge in [0.15, 0.2) is 0 Å². The van der Waals surface area contributed by atoms with Crippen LogP contribution >= 0.6 is 0 Å². The van der Waals surface area contributed by atoms with E-state index in [9.17, 15) is 4.79 Å². The molecule has 4 heteroatoms. The molecule has 0 spiro atoms. The van der Waals surface area contributed by atoms with Crippen molar-refractivity contribution in [3.05, 3.63) is 0 Å². The van der Waals surface area contributed by atoms with Crippen LogP contribution in [0, 0.1) is 5.92 Å². The molecule has 1 N–H and O–H groups in total. The molecule has 4 nitrogen and oxygen atoms in total. The number of piperidine rings is 1. The van der Waals surface area contributed by atoms with Gasteiger partial charge in [-0.3, -0.25) is 9.69 Å². The lowest BCUT2D eigenvalue weighted by Gasteiger charge is -2.38. The van der Waals surface area contributed by atoms with Crippen molar-refractivity contribution < 1.29 is 9.53 Å². The smallest absolute Gasteiger partial charge is 0.309 e. The molecule has 2 heterocycles.